The van der Waals surface area contributed by atoms with Crippen LogP contribution in [-0.2, 0) is 14.3 Å². The van der Waals surface area contributed by atoms with Gasteiger partial charge in [-0.2, -0.15) is 0 Å². The topological polar surface area (TPSA) is 79.1 Å². The monoisotopic (exact) mass is 286 g/mol. The molecule has 1 aromatic carbocycles. The quantitative estimate of drug-likeness (QED) is 0.816. The van der Waals surface area contributed by atoms with Crippen LogP contribution < -0.4 is 0 Å². The van der Waals surface area contributed by atoms with Crippen LogP contribution in [0.3, 0.4) is 0 Å². The Morgan fingerprint density at radius 3 is 3.05 bits per heavy atom. The Hall–Kier alpha value is -2.12. The Morgan fingerprint density at radius 2 is 2.19 bits per heavy atom. The van der Waals surface area contributed by atoms with Crippen LogP contribution in [0.25, 0.3) is 11.4 Å². The highest BCUT2D eigenvalue weighted by molar-refractivity contribution is 5.83. The lowest BCUT2D eigenvalue weighted by Gasteiger charge is -2.26. The summed E-state index contributed by atoms with van der Waals surface area (Å²) in [6.45, 7) is 2.40. The molecule has 0 saturated carbocycles. The van der Waals surface area contributed by atoms with Crippen molar-refractivity contribution in [2.75, 3.05) is 6.61 Å². The van der Waals surface area contributed by atoms with Gasteiger partial charge >= 0.3 is 0 Å². The highest BCUT2D eigenvalue weighted by Crippen LogP contribution is 2.34. The third-order valence-corrected chi connectivity index (χ3v) is 4.01. The van der Waals surface area contributed by atoms with Gasteiger partial charge in [0.15, 0.2) is 11.6 Å². The number of ketones is 1. The summed E-state index contributed by atoms with van der Waals surface area (Å²) >= 11 is 0. The zero-order valence-electron chi connectivity index (χ0n) is 11.5. The second-order valence-corrected chi connectivity index (χ2v) is 5.34. The number of rotatable bonds is 2. The smallest absolute Gasteiger partial charge is 0.218 e. The number of nitrogens with zero attached hydrogens (tertiary/aromatic N) is 4. The molecule has 0 amide bonds. The van der Waals surface area contributed by atoms with Crippen molar-refractivity contribution in [1.82, 2.24) is 20.2 Å². The Balaban J connectivity index is 1.76. The van der Waals surface area contributed by atoms with Gasteiger partial charge < -0.3 is 9.47 Å². The maximum absolute atomic E-state index is 11.9. The highest BCUT2D eigenvalue weighted by atomic mass is 16.7. The molecule has 21 heavy (non-hydrogen) atoms. The first-order chi connectivity index (χ1) is 10.2. The molecule has 2 fully saturated rings. The number of aromatic nitrogens is 4. The average molecular weight is 286 g/mol. The van der Waals surface area contributed by atoms with Gasteiger partial charge in [0.05, 0.1) is 12.6 Å². The van der Waals surface area contributed by atoms with E-state index in [1.807, 2.05) is 31.2 Å². The van der Waals surface area contributed by atoms with Crippen molar-refractivity contribution in [3.63, 3.8) is 0 Å². The summed E-state index contributed by atoms with van der Waals surface area (Å²) < 4.78 is 12.6. The summed E-state index contributed by atoms with van der Waals surface area (Å²) in [7, 11) is 0. The molecule has 3 heterocycles. The minimum absolute atomic E-state index is 0.0556. The van der Waals surface area contributed by atoms with E-state index in [4.69, 9.17) is 9.47 Å². The number of hydrogen-bond acceptors (Lipinski definition) is 6. The second kappa shape index (κ2) is 4.71. The van der Waals surface area contributed by atoms with Crippen LogP contribution in [0.15, 0.2) is 24.3 Å². The molecule has 2 saturated heterocycles. The average Bonchev–Trinajstić information content (AvgIpc) is 3.12. The molecule has 0 radical (unpaired) electrons. The summed E-state index contributed by atoms with van der Waals surface area (Å²) in [5, 5.41) is 12.0. The van der Waals surface area contributed by atoms with Crippen LogP contribution in [0.1, 0.15) is 18.0 Å². The van der Waals surface area contributed by atoms with Gasteiger partial charge in [0.2, 0.25) is 6.29 Å². The number of ether oxygens (including phenoxy) is 2. The first kappa shape index (κ1) is 12.6. The molecule has 1 aromatic heterocycles. The minimum Gasteiger partial charge on any atom is -0.343 e. The normalized spacial score (nSPS) is 28.0. The highest BCUT2D eigenvalue weighted by Gasteiger charge is 2.45. The van der Waals surface area contributed by atoms with E-state index in [1.54, 1.807) is 4.68 Å². The van der Waals surface area contributed by atoms with Crippen molar-refractivity contribution in [3.8, 4) is 11.4 Å². The lowest BCUT2D eigenvalue weighted by atomic mass is 10.0. The fourth-order valence-corrected chi connectivity index (χ4v) is 2.89. The van der Waals surface area contributed by atoms with E-state index in [2.05, 4.69) is 15.5 Å². The molecule has 0 N–H and O–H groups in total. The molecule has 0 unspecified atom stereocenters. The number of tetrazole rings is 1. The van der Waals surface area contributed by atoms with Gasteiger partial charge in [-0.15, -0.1) is 5.10 Å². The number of aryl methyl sites for hydroxylation is 1. The standard InChI is InChI=1S/C14H14N4O3/c1-8-4-2-3-5-9(8)13-15-16-17-18(13)10-6-11(19)14-20-7-12(10)21-14/h2-5,10,12,14H,6-7H2,1H3/t10-,12-,14+/m1/s1. The molecule has 0 spiro atoms. The molecule has 7 heteroatoms. The Labute approximate surface area is 120 Å². The van der Waals surface area contributed by atoms with Crippen LogP contribution >= 0.6 is 0 Å². The Morgan fingerprint density at radius 1 is 1.33 bits per heavy atom. The summed E-state index contributed by atoms with van der Waals surface area (Å²) in [6, 6.07) is 7.66. The fraction of sp³-hybridized carbons (Fsp3) is 0.429. The van der Waals surface area contributed by atoms with E-state index in [9.17, 15) is 4.79 Å². The molecule has 2 aliphatic heterocycles. The summed E-state index contributed by atoms with van der Waals surface area (Å²) in [5.41, 5.74) is 2.04. The lowest BCUT2D eigenvalue weighted by Crippen LogP contribution is -2.37. The van der Waals surface area contributed by atoms with Gasteiger partial charge in [0.25, 0.3) is 0 Å². The van der Waals surface area contributed by atoms with Crippen LogP contribution in [0, 0.1) is 6.92 Å². The maximum atomic E-state index is 11.9. The molecule has 3 atom stereocenters. The number of benzene rings is 1. The Kier molecular flexibility index (Phi) is 2.83. The summed E-state index contributed by atoms with van der Waals surface area (Å²) in [6.07, 6.45) is -0.553. The third kappa shape index (κ3) is 1.97. The first-order valence-corrected chi connectivity index (χ1v) is 6.87. The molecule has 4 rings (SSSR count). The van der Waals surface area contributed by atoms with Crippen LogP contribution in [-0.4, -0.2) is 45.0 Å². The largest absolute Gasteiger partial charge is 0.343 e. The van der Waals surface area contributed by atoms with E-state index in [-0.39, 0.29) is 17.9 Å². The van der Waals surface area contributed by atoms with E-state index < -0.39 is 6.29 Å². The van der Waals surface area contributed by atoms with Gasteiger partial charge in [-0.1, -0.05) is 24.3 Å². The Bertz CT molecular complexity index is 699. The summed E-state index contributed by atoms with van der Waals surface area (Å²) in [5.74, 6) is 0.597. The molecule has 108 valence electrons. The molecule has 7 nitrogen and oxygen atoms in total. The van der Waals surface area contributed by atoms with Gasteiger partial charge in [0.1, 0.15) is 6.10 Å². The van der Waals surface area contributed by atoms with Crippen molar-refractivity contribution < 1.29 is 14.3 Å². The van der Waals surface area contributed by atoms with E-state index in [0.717, 1.165) is 11.1 Å². The van der Waals surface area contributed by atoms with Crippen molar-refractivity contribution >= 4 is 5.78 Å². The van der Waals surface area contributed by atoms with Crippen LogP contribution in [0.5, 0.6) is 0 Å². The SMILES string of the molecule is Cc1ccccc1-c1nnnn1[C@@H]1CC(=O)[C@H]2OC[C@H]1O2. The van der Waals surface area contributed by atoms with Crippen molar-refractivity contribution in [2.24, 2.45) is 0 Å². The van der Waals surface area contributed by atoms with E-state index in [0.29, 0.717) is 18.9 Å². The first-order valence-electron chi connectivity index (χ1n) is 6.87. The molecular weight excluding hydrogens is 272 g/mol. The van der Waals surface area contributed by atoms with Gasteiger partial charge in [-0.05, 0) is 22.9 Å². The number of carbonyl (C=O) groups is 1. The van der Waals surface area contributed by atoms with E-state index in [1.165, 1.54) is 0 Å². The molecule has 2 aromatic rings. The van der Waals surface area contributed by atoms with E-state index >= 15 is 0 Å². The molecule has 2 aliphatic rings. The molecule has 0 aliphatic carbocycles. The number of carbonyl (C=O) groups excluding carboxylic acids is 1. The van der Waals surface area contributed by atoms with Gasteiger partial charge in [-0.25, -0.2) is 4.68 Å². The van der Waals surface area contributed by atoms with Crippen molar-refractivity contribution in [1.29, 1.82) is 0 Å². The van der Waals surface area contributed by atoms with Crippen molar-refractivity contribution in [3.05, 3.63) is 29.8 Å². The van der Waals surface area contributed by atoms with Crippen LogP contribution in [0.4, 0.5) is 0 Å². The maximum Gasteiger partial charge on any atom is 0.218 e. The summed E-state index contributed by atoms with van der Waals surface area (Å²) in [4.78, 5) is 11.9. The van der Waals surface area contributed by atoms with Gasteiger partial charge in [-0.3, -0.25) is 4.79 Å². The number of Topliss-reactive ketones (excluding diaryl/α,β-unsaturated/α-hetero) is 1. The molecular formula is C14H14N4O3. The lowest BCUT2D eigenvalue weighted by molar-refractivity contribution is -0.156. The second-order valence-electron chi connectivity index (χ2n) is 5.34. The third-order valence-electron chi connectivity index (χ3n) is 4.01. The number of fused-ring (bicyclic) bond motifs is 2. The number of hydrogen-bond donors (Lipinski definition) is 0. The predicted molar refractivity (Wildman–Crippen MR) is 71.3 cm³/mol. The van der Waals surface area contributed by atoms with Gasteiger partial charge in [0, 0.05) is 12.0 Å². The molecule has 2 bridgehead atoms. The fourth-order valence-electron chi connectivity index (χ4n) is 2.89. The predicted octanol–water partition coefficient (Wildman–Crippen LogP) is 0.904. The zero-order chi connectivity index (χ0) is 14.4. The zero-order valence-corrected chi connectivity index (χ0v) is 11.5. The van der Waals surface area contributed by atoms with Crippen molar-refractivity contribution in [2.45, 2.75) is 31.8 Å². The minimum atomic E-state index is -0.704. The van der Waals surface area contributed by atoms with Crippen LogP contribution in [0.2, 0.25) is 0 Å².